The van der Waals surface area contributed by atoms with Gasteiger partial charge in [0.05, 0.1) is 14.2 Å². The summed E-state index contributed by atoms with van der Waals surface area (Å²) in [6, 6.07) is 3.07. The standard InChI is InChI=1S/C17H14O9/c1-24-15-8(19)3-6(4-9(15)20)14-13(23)12(22)11-7(18)5-10(21)16(25-2)17(11)26-14/h3-5,18-21,23H,1-2H3. The summed E-state index contributed by atoms with van der Waals surface area (Å²) in [5.74, 6) is -3.76. The van der Waals surface area contributed by atoms with Crippen molar-refractivity contribution >= 4 is 11.0 Å². The van der Waals surface area contributed by atoms with Crippen molar-refractivity contribution < 1.29 is 39.4 Å². The lowest BCUT2D eigenvalue weighted by Gasteiger charge is -2.12. The molecule has 0 bridgehead atoms. The first-order valence-corrected chi connectivity index (χ1v) is 7.19. The van der Waals surface area contributed by atoms with Crippen molar-refractivity contribution in [3.8, 4) is 51.6 Å². The second-order valence-corrected chi connectivity index (χ2v) is 5.31. The third kappa shape index (κ3) is 2.37. The monoisotopic (exact) mass is 362 g/mol. The van der Waals surface area contributed by atoms with E-state index in [-0.39, 0.29) is 22.6 Å². The molecule has 0 saturated carbocycles. The van der Waals surface area contributed by atoms with Crippen molar-refractivity contribution in [1.29, 1.82) is 0 Å². The molecule has 0 spiro atoms. The molecule has 3 aromatic rings. The Kier molecular flexibility index (Phi) is 3.91. The van der Waals surface area contributed by atoms with Gasteiger partial charge in [-0.2, -0.15) is 0 Å². The van der Waals surface area contributed by atoms with Gasteiger partial charge in [0.2, 0.25) is 22.7 Å². The van der Waals surface area contributed by atoms with Gasteiger partial charge >= 0.3 is 0 Å². The summed E-state index contributed by atoms with van der Waals surface area (Å²) >= 11 is 0. The summed E-state index contributed by atoms with van der Waals surface area (Å²) < 4.78 is 15.3. The van der Waals surface area contributed by atoms with Crippen LogP contribution in [0.15, 0.2) is 27.4 Å². The summed E-state index contributed by atoms with van der Waals surface area (Å²) in [4.78, 5) is 12.5. The average molecular weight is 362 g/mol. The first kappa shape index (κ1) is 17.1. The Hall–Kier alpha value is -3.75. The number of hydrogen-bond donors (Lipinski definition) is 5. The van der Waals surface area contributed by atoms with Crippen LogP contribution in [0.3, 0.4) is 0 Å². The normalized spacial score (nSPS) is 10.8. The second-order valence-electron chi connectivity index (χ2n) is 5.31. The Morgan fingerprint density at radius 2 is 1.35 bits per heavy atom. The topological polar surface area (TPSA) is 150 Å². The molecular formula is C17H14O9. The lowest BCUT2D eigenvalue weighted by atomic mass is 10.1. The van der Waals surface area contributed by atoms with E-state index < -0.39 is 45.3 Å². The van der Waals surface area contributed by atoms with Gasteiger partial charge in [-0.15, -0.1) is 0 Å². The lowest BCUT2D eigenvalue weighted by molar-refractivity contribution is 0.344. The molecule has 3 rings (SSSR count). The number of methoxy groups -OCH3 is 2. The molecule has 0 aliphatic heterocycles. The van der Waals surface area contributed by atoms with E-state index in [0.29, 0.717) is 0 Å². The molecule has 9 nitrogen and oxygen atoms in total. The number of phenolic OH excluding ortho intramolecular Hbond substituents is 4. The zero-order chi connectivity index (χ0) is 19.2. The molecule has 1 heterocycles. The van der Waals surface area contributed by atoms with Crippen molar-refractivity contribution in [3.05, 3.63) is 28.4 Å². The molecular weight excluding hydrogens is 348 g/mol. The average Bonchev–Trinajstić information content (AvgIpc) is 2.57. The SMILES string of the molecule is COc1c(O)cc(-c2oc3c(OC)c(O)cc(O)c3c(=O)c2O)cc1O. The quantitative estimate of drug-likeness (QED) is 0.471. The molecule has 136 valence electrons. The molecule has 0 unspecified atom stereocenters. The third-order valence-corrected chi connectivity index (χ3v) is 3.78. The number of rotatable bonds is 3. The second kappa shape index (κ2) is 5.96. The van der Waals surface area contributed by atoms with E-state index in [9.17, 15) is 30.3 Å². The van der Waals surface area contributed by atoms with Gasteiger partial charge < -0.3 is 39.4 Å². The summed E-state index contributed by atoms with van der Waals surface area (Å²) in [6.07, 6.45) is 0. The van der Waals surface area contributed by atoms with Crippen molar-refractivity contribution in [3.63, 3.8) is 0 Å². The van der Waals surface area contributed by atoms with E-state index in [1.165, 1.54) is 14.2 Å². The van der Waals surface area contributed by atoms with Crippen molar-refractivity contribution in [1.82, 2.24) is 0 Å². The van der Waals surface area contributed by atoms with Crippen LogP contribution in [-0.4, -0.2) is 39.8 Å². The number of aromatic hydroxyl groups is 5. The Bertz CT molecular complexity index is 1060. The van der Waals surface area contributed by atoms with Gasteiger partial charge in [0.25, 0.3) is 0 Å². The summed E-state index contributed by atoms with van der Waals surface area (Å²) in [7, 11) is 2.45. The minimum absolute atomic E-state index is 0.0535. The van der Waals surface area contributed by atoms with Crippen molar-refractivity contribution in [2.75, 3.05) is 14.2 Å². The maximum absolute atomic E-state index is 12.5. The molecule has 2 aromatic carbocycles. The molecule has 5 N–H and O–H groups in total. The molecule has 0 fully saturated rings. The van der Waals surface area contributed by atoms with Gasteiger partial charge in [-0.3, -0.25) is 4.79 Å². The van der Waals surface area contributed by atoms with Crippen LogP contribution in [-0.2, 0) is 0 Å². The lowest BCUT2D eigenvalue weighted by Crippen LogP contribution is -2.04. The molecule has 0 saturated heterocycles. The molecule has 26 heavy (non-hydrogen) atoms. The first-order valence-electron chi connectivity index (χ1n) is 7.19. The highest BCUT2D eigenvalue weighted by atomic mass is 16.5. The van der Waals surface area contributed by atoms with Crippen LogP contribution >= 0.6 is 0 Å². The fourth-order valence-electron chi connectivity index (χ4n) is 2.63. The highest BCUT2D eigenvalue weighted by Crippen LogP contribution is 2.45. The van der Waals surface area contributed by atoms with Crippen LogP contribution in [0.25, 0.3) is 22.3 Å². The fraction of sp³-hybridized carbons (Fsp3) is 0.118. The smallest absolute Gasteiger partial charge is 0.238 e. The Morgan fingerprint density at radius 1 is 0.808 bits per heavy atom. The largest absolute Gasteiger partial charge is 0.507 e. The van der Waals surface area contributed by atoms with Crippen LogP contribution in [0.1, 0.15) is 0 Å². The molecule has 9 heteroatoms. The maximum Gasteiger partial charge on any atom is 0.238 e. The predicted octanol–water partition coefficient (Wildman–Crippen LogP) is 2.01. The van der Waals surface area contributed by atoms with E-state index >= 15 is 0 Å². The first-order chi connectivity index (χ1) is 12.3. The minimum Gasteiger partial charge on any atom is -0.507 e. The number of hydrogen-bond acceptors (Lipinski definition) is 9. The van der Waals surface area contributed by atoms with E-state index in [1.54, 1.807) is 0 Å². The summed E-state index contributed by atoms with van der Waals surface area (Å²) in [5.41, 5.74) is -1.37. The van der Waals surface area contributed by atoms with Crippen molar-refractivity contribution in [2.45, 2.75) is 0 Å². The molecule has 0 aliphatic rings. The molecule has 1 aromatic heterocycles. The Balaban J connectivity index is 2.42. The van der Waals surface area contributed by atoms with Crippen molar-refractivity contribution in [2.24, 2.45) is 0 Å². The van der Waals surface area contributed by atoms with E-state index in [0.717, 1.165) is 18.2 Å². The van der Waals surface area contributed by atoms with Crippen LogP contribution in [0.4, 0.5) is 0 Å². The summed E-state index contributed by atoms with van der Waals surface area (Å²) in [6.45, 7) is 0. The minimum atomic E-state index is -0.994. The molecule has 0 amide bonds. The number of ether oxygens (including phenoxy) is 2. The molecule has 0 atom stereocenters. The fourth-order valence-corrected chi connectivity index (χ4v) is 2.63. The maximum atomic E-state index is 12.5. The van der Waals surface area contributed by atoms with Gasteiger partial charge in [-0.25, -0.2) is 0 Å². The van der Waals surface area contributed by atoms with Gasteiger partial charge in [-0.1, -0.05) is 0 Å². The number of fused-ring (bicyclic) bond motifs is 1. The van der Waals surface area contributed by atoms with E-state index in [4.69, 9.17) is 13.9 Å². The predicted molar refractivity (Wildman–Crippen MR) is 89.3 cm³/mol. The number of benzene rings is 2. The van der Waals surface area contributed by atoms with Gasteiger partial charge in [-0.05, 0) is 12.1 Å². The zero-order valence-electron chi connectivity index (χ0n) is 13.6. The summed E-state index contributed by atoms with van der Waals surface area (Å²) in [5, 5.41) is 49.4. The highest BCUT2D eigenvalue weighted by Gasteiger charge is 2.24. The van der Waals surface area contributed by atoms with Crippen LogP contribution in [0, 0.1) is 0 Å². The van der Waals surface area contributed by atoms with E-state index in [1.807, 2.05) is 0 Å². The Labute approximate surface area is 145 Å². The van der Waals surface area contributed by atoms with Crippen LogP contribution < -0.4 is 14.9 Å². The molecule has 0 aliphatic carbocycles. The van der Waals surface area contributed by atoms with Crippen LogP contribution in [0.2, 0.25) is 0 Å². The Morgan fingerprint density at radius 3 is 1.88 bits per heavy atom. The van der Waals surface area contributed by atoms with E-state index in [2.05, 4.69) is 0 Å². The van der Waals surface area contributed by atoms with Crippen LogP contribution in [0.5, 0.6) is 40.2 Å². The number of phenols is 4. The molecule has 0 radical (unpaired) electrons. The van der Waals surface area contributed by atoms with Gasteiger partial charge in [0.15, 0.2) is 28.6 Å². The zero-order valence-corrected chi connectivity index (χ0v) is 13.6. The van der Waals surface area contributed by atoms with Gasteiger partial charge in [0, 0.05) is 11.6 Å². The third-order valence-electron chi connectivity index (χ3n) is 3.78. The van der Waals surface area contributed by atoms with Gasteiger partial charge in [0.1, 0.15) is 11.1 Å². The highest BCUT2D eigenvalue weighted by molar-refractivity contribution is 5.93.